The molecule has 3 rings (SSSR count). The Hall–Kier alpha value is -2.56. The second-order valence-corrected chi connectivity index (χ2v) is 5.99. The molecular formula is C20H19F3N2. The van der Waals surface area contributed by atoms with Gasteiger partial charge in [0.1, 0.15) is 5.82 Å². The molecule has 0 unspecified atom stereocenters. The number of unbranched alkanes of at least 4 members (excludes halogenated alkanes) is 1. The highest BCUT2D eigenvalue weighted by Gasteiger charge is 2.29. The summed E-state index contributed by atoms with van der Waals surface area (Å²) in [5.74, 6) is 0.976. The van der Waals surface area contributed by atoms with E-state index in [9.17, 15) is 13.2 Å². The van der Waals surface area contributed by atoms with E-state index in [0.717, 1.165) is 59.6 Å². The molecule has 5 heteroatoms. The van der Waals surface area contributed by atoms with Gasteiger partial charge in [-0.15, -0.1) is 0 Å². The van der Waals surface area contributed by atoms with E-state index in [-0.39, 0.29) is 0 Å². The first-order valence-electron chi connectivity index (χ1n) is 8.29. The van der Waals surface area contributed by atoms with Crippen LogP contribution in [0.15, 0.2) is 54.7 Å². The summed E-state index contributed by atoms with van der Waals surface area (Å²) in [5, 5.41) is 0. The highest BCUT2D eigenvalue weighted by Crippen LogP contribution is 2.31. The van der Waals surface area contributed by atoms with Crippen LogP contribution in [0.1, 0.15) is 31.2 Å². The molecule has 1 N–H and O–H groups in total. The summed E-state index contributed by atoms with van der Waals surface area (Å²) in [6, 6.07) is 12.9. The van der Waals surface area contributed by atoms with Gasteiger partial charge in [-0.25, -0.2) is 4.98 Å². The molecule has 0 atom stereocenters. The number of rotatable bonds is 5. The molecule has 0 aliphatic heterocycles. The molecule has 25 heavy (non-hydrogen) atoms. The molecule has 0 saturated heterocycles. The van der Waals surface area contributed by atoms with Crippen molar-refractivity contribution in [2.24, 2.45) is 0 Å². The topological polar surface area (TPSA) is 28.7 Å². The first-order valence-corrected chi connectivity index (χ1v) is 8.29. The lowest BCUT2D eigenvalue weighted by molar-refractivity contribution is -0.137. The van der Waals surface area contributed by atoms with Gasteiger partial charge < -0.3 is 4.98 Å². The maximum absolute atomic E-state index is 12.6. The molecule has 2 nitrogen and oxygen atoms in total. The zero-order chi connectivity index (χ0) is 17.9. The number of aromatic nitrogens is 2. The van der Waals surface area contributed by atoms with Gasteiger partial charge in [-0.2, -0.15) is 13.2 Å². The van der Waals surface area contributed by atoms with Crippen LogP contribution in [-0.4, -0.2) is 9.97 Å². The Morgan fingerprint density at radius 1 is 0.880 bits per heavy atom. The number of hydrogen-bond donors (Lipinski definition) is 1. The minimum Gasteiger partial charge on any atom is -0.348 e. The van der Waals surface area contributed by atoms with Gasteiger partial charge in [0.15, 0.2) is 0 Å². The monoisotopic (exact) mass is 344 g/mol. The predicted octanol–water partition coefficient (Wildman–Crippen LogP) is 6.11. The number of benzene rings is 2. The van der Waals surface area contributed by atoms with Gasteiger partial charge in [0.05, 0.1) is 11.3 Å². The van der Waals surface area contributed by atoms with Crippen LogP contribution in [0.5, 0.6) is 0 Å². The van der Waals surface area contributed by atoms with Crippen molar-refractivity contribution in [1.29, 1.82) is 0 Å². The fourth-order valence-electron chi connectivity index (χ4n) is 2.67. The summed E-state index contributed by atoms with van der Waals surface area (Å²) >= 11 is 0. The van der Waals surface area contributed by atoms with Crippen LogP contribution in [0, 0.1) is 0 Å². The van der Waals surface area contributed by atoms with E-state index in [1.54, 1.807) is 0 Å². The Morgan fingerprint density at radius 2 is 1.44 bits per heavy atom. The molecule has 0 saturated carbocycles. The summed E-state index contributed by atoms with van der Waals surface area (Å²) in [7, 11) is 0. The van der Waals surface area contributed by atoms with Gasteiger partial charge in [-0.05, 0) is 29.7 Å². The number of aryl methyl sites for hydroxylation is 1. The lowest BCUT2D eigenvalue weighted by atomic mass is 10.0. The molecule has 2 aromatic carbocycles. The summed E-state index contributed by atoms with van der Waals surface area (Å²) in [6.45, 7) is 2.14. The second-order valence-electron chi connectivity index (χ2n) is 5.99. The fourth-order valence-corrected chi connectivity index (χ4v) is 2.67. The second kappa shape index (κ2) is 7.13. The van der Waals surface area contributed by atoms with E-state index in [1.165, 1.54) is 12.1 Å². The van der Waals surface area contributed by atoms with E-state index in [4.69, 9.17) is 0 Å². The molecule has 1 aromatic heterocycles. The highest BCUT2D eigenvalue weighted by molar-refractivity contribution is 5.68. The molecule has 0 radical (unpaired) electrons. The third-order valence-electron chi connectivity index (χ3n) is 4.12. The summed E-state index contributed by atoms with van der Waals surface area (Å²) in [5.41, 5.74) is 2.85. The van der Waals surface area contributed by atoms with E-state index in [2.05, 4.69) is 16.9 Å². The maximum atomic E-state index is 12.6. The number of alkyl halides is 3. The normalized spacial score (nSPS) is 11.7. The van der Waals surface area contributed by atoms with E-state index in [1.807, 2.05) is 30.5 Å². The first kappa shape index (κ1) is 17.3. The Labute approximate surface area is 144 Å². The van der Waals surface area contributed by atoms with Crippen molar-refractivity contribution in [3.8, 4) is 22.4 Å². The van der Waals surface area contributed by atoms with Crippen molar-refractivity contribution in [2.45, 2.75) is 32.4 Å². The van der Waals surface area contributed by atoms with E-state index in [0.29, 0.717) is 0 Å². The quantitative estimate of drug-likeness (QED) is 0.595. The van der Waals surface area contributed by atoms with E-state index < -0.39 is 11.7 Å². The van der Waals surface area contributed by atoms with Crippen LogP contribution in [0.25, 0.3) is 22.4 Å². The van der Waals surface area contributed by atoms with Crippen LogP contribution in [0.3, 0.4) is 0 Å². The fraction of sp³-hybridized carbons (Fsp3) is 0.250. The summed E-state index contributed by atoms with van der Waals surface area (Å²) < 4.78 is 37.9. The largest absolute Gasteiger partial charge is 0.416 e. The third kappa shape index (κ3) is 4.10. The molecule has 0 aliphatic carbocycles. The van der Waals surface area contributed by atoms with Crippen molar-refractivity contribution >= 4 is 0 Å². The van der Waals surface area contributed by atoms with Gasteiger partial charge in [0, 0.05) is 18.2 Å². The Kier molecular flexibility index (Phi) is 4.93. The summed E-state index contributed by atoms with van der Waals surface area (Å²) in [6.07, 6.45) is 0.730. The number of aromatic amines is 1. The number of H-pyrrole nitrogens is 1. The van der Waals surface area contributed by atoms with Crippen molar-refractivity contribution < 1.29 is 13.2 Å². The van der Waals surface area contributed by atoms with Gasteiger partial charge in [-0.1, -0.05) is 49.7 Å². The molecule has 1 heterocycles. The van der Waals surface area contributed by atoms with E-state index >= 15 is 0 Å². The molecular weight excluding hydrogens is 325 g/mol. The number of nitrogens with one attached hydrogen (secondary N) is 1. The lowest BCUT2D eigenvalue weighted by Gasteiger charge is -2.08. The molecule has 0 fully saturated rings. The summed E-state index contributed by atoms with van der Waals surface area (Å²) in [4.78, 5) is 7.77. The molecule has 130 valence electrons. The predicted molar refractivity (Wildman–Crippen MR) is 93.1 cm³/mol. The smallest absolute Gasteiger partial charge is 0.348 e. The Morgan fingerprint density at radius 3 is 2.00 bits per heavy atom. The van der Waals surface area contributed by atoms with Crippen LogP contribution in [0.4, 0.5) is 13.2 Å². The third-order valence-corrected chi connectivity index (χ3v) is 4.12. The number of imidazole rings is 1. The molecule has 0 spiro atoms. The Balaban J connectivity index is 1.77. The molecule has 0 aliphatic rings. The van der Waals surface area contributed by atoms with Crippen LogP contribution in [0.2, 0.25) is 0 Å². The molecule has 0 amide bonds. The Bertz CT molecular complexity index is 815. The van der Waals surface area contributed by atoms with Crippen LogP contribution < -0.4 is 0 Å². The van der Waals surface area contributed by atoms with Crippen molar-refractivity contribution in [1.82, 2.24) is 9.97 Å². The van der Waals surface area contributed by atoms with Gasteiger partial charge in [-0.3, -0.25) is 0 Å². The zero-order valence-electron chi connectivity index (χ0n) is 13.9. The van der Waals surface area contributed by atoms with Gasteiger partial charge in [0.25, 0.3) is 0 Å². The van der Waals surface area contributed by atoms with Crippen LogP contribution >= 0.6 is 0 Å². The van der Waals surface area contributed by atoms with Crippen LogP contribution in [-0.2, 0) is 12.6 Å². The van der Waals surface area contributed by atoms with Gasteiger partial charge in [0.2, 0.25) is 0 Å². The molecule has 0 bridgehead atoms. The molecule has 3 aromatic rings. The average molecular weight is 344 g/mol. The average Bonchev–Trinajstić information content (AvgIpc) is 3.08. The van der Waals surface area contributed by atoms with Crippen molar-refractivity contribution in [3.05, 3.63) is 66.1 Å². The van der Waals surface area contributed by atoms with Crippen molar-refractivity contribution in [3.63, 3.8) is 0 Å². The first-order chi connectivity index (χ1) is 12.0. The zero-order valence-corrected chi connectivity index (χ0v) is 13.9. The minimum absolute atomic E-state index is 0.635. The number of halogens is 3. The number of hydrogen-bond acceptors (Lipinski definition) is 1. The van der Waals surface area contributed by atoms with Crippen molar-refractivity contribution in [2.75, 3.05) is 0 Å². The lowest BCUT2D eigenvalue weighted by Crippen LogP contribution is -2.03. The van der Waals surface area contributed by atoms with Gasteiger partial charge >= 0.3 is 6.18 Å². The number of nitrogens with zero attached hydrogens (tertiary/aromatic N) is 1. The SMILES string of the molecule is CCCCc1nc(-c2ccc(-c3ccc(C(F)(F)F)cc3)cc2)c[nH]1. The highest BCUT2D eigenvalue weighted by atomic mass is 19.4. The maximum Gasteiger partial charge on any atom is 0.416 e. The standard InChI is InChI=1S/C20H19F3N2/c1-2-3-4-19-24-13-18(25-19)16-7-5-14(6-8-16)15-9-11-17(12-10-15)20(21,22)23/h5-13H,2-4H2,1H3,(H,24,25). The minimum atomic E-state index is -4.31.